The van der Waals surface area contributed by atoms with Crippen molar-refractivity contribution in [3.05, 3.63) is 29.8 Å². The average molecular weight is 206 g/mol. The molecule has 0 aromatic heterocycles. The molecule has 82 valence electrons. The van der Waals surface area contributed by atoms with E-state index < -0.39 is 5.54 Å². The summed E-state index contributed by atoms with van der Waals surface area (Å²) < 4.78 is 0. The maximum absolute atomic E-state index is 11.6. The Morgan fingerprint density at radius 1 is 1.33 bits per heavy atom. The van der Waals surface area contributed by atoms with Crippen LogP contribution in [0.5, 0.6) is 0 Å². The van der Waals surface area contributed by atoms with E-state index in [0.717, 1.165) is 12.1 Å². The Morgan fingerprint density at radius 2 is 1.87 bits per heavy atom. The van der Waals surface area contributed by atoms with Gasteiger partial charge in [0, 0.05) is 5.69 Å². The third-order valence-electron chi connectivity index (χ3n) is 2.21. The highest BCUT2D eigenvalue weighted by Crippen LogP contribution is 2.11. The number of nitrogens with one attached hydrogen (secondary N) is 1. The molecule has 0 atom stereocenters. The SMILES string of the molecule is CCc1ccc(NC(=O)C(C)(C)N)cc1. The number of nitrogens with two attached hydrogens (primary N) is 1. The maximum Gasteiger partial charge on any atom is 0.243 e. The lowest BCUT2D eigenvalue weighted by atomic mass is 10.1. The first kappa shape index (κ1) is 11.7. The summed E-state index contributed by atoms with van der Waals surface area (Å²) in [5.74, 6) is -0.174. The molecule has 0 saturated heterocycles. The van der Waals surface area contributed by atoms with Crippen LogP contribution in [0.3, 0.4) is 0 Å². The van der Waals surface area contributed by atoms with Crippen LogP contribution < -0.4 is 11.1 Å². The molecule has 0 aliphatic heterocycles. The first-order valence-electron chi connectivity index (χ1n) is 5.12. The molecule has 1 rings (SSSR count). The van der Waals surface area contributed by atoms with Crippen molar-refractivity contribution in [2.45, 2.75) is 32.7 Å². The molecule has 3 heteroatoms. The summed E-state index contributed by atoms with van der Waals surface area (Å²) in [6.45, 7) is 5.46. The number of carbonyl (C=O) groups is 1. The van der Waals surface area contributed by atoms with Crippen LogP contribution in [0.15, 0.2) is 24.3 Å². The molecule has 3 nitrogen and oxygen atoms in total. The lowest BCUT2D eigenvalue weighted by molar-refractivity contribution is -0.120. The van der Waals surface area contributed by atoms with Crippen molar-refractivity contribution in [1.82, 2.24) is 0 Å². The Balaban J connectivity index is 2.70. The second-order valence-electron chi connectivity index (χ2n) is 4.23. The summed E-state index contributed by atoms with van der Waals surface area (Å²) in [6.07, 6.45) is 0.997. The van der Waals surface area contributed by atoms with Crippen LogP contribution in [0, 0.1) is 0 Å². The van der Waals surface area contributed by atoms with Crippen LogP contribution >= 0.6 is 0 Å². The van der Waals surface area contributed by atoms with Gasteiger partial charge in [-0.05, 0) is 38.0 Å². The van der Waals surface area contributed by atoms with Crippen LogP contribution in [0.4, 0.5) is 5.69 Å². The largest absolute Gasteiger partial charge is 0.325 e. The molecule has 0 heterocycles. The second kappa shape index (κ2) is 4.45. The third kappa shape index (κ3) is 3.36. The van der Waals surface area contributed by atoms with E-state index in [1.165, 1.54) is 5.56 Å². The molecule has 1 aromatic carbocycles. The van der Waals surface area contributed by atoms with E-state index in [2.05, 4.69) is 12.2 Å². The fraction of sp³-hybridized carbons (Fsp3) is 0.417. The zero-order chi connectivity index (χ0) is 11.5. The van der Waals surface area contributed by atoms with Crippen molar-refractivity contribution < 1.29 is 4.79 Å². The second-order valence-corrected chi connectivity index (χ2v) is 4.23. The van der Waals surface area contributed by atoms with Crippen LogP contribution in [-0.4, -0.2) is 11.4 Å². The number of hydrogen-bond donors (Lipinski definition) is 2. The average Bonchev–Trinajstić information content (AvgIpc) is 2.17. The first-order chi connectivity index (χ1) is 6.93. The molecular formula is C12H18N2O. The number of benzene rings is 1. The molecule has 0 saturated carbocycles. The van der Waals surface area contributed by atoms with Crippen molar-refractivity contribution in [1.29, 1.82) is 0 Å². The lowest BCUT2D eigenvalue weighted by Gasteiger charge is -2.17. The van der Waals surface area contributed by atoms with E-state index in [4.69, 9.17) is 5.73 Å². The smallest absolute Gasteiger partial charge is 0.243 e. The molecule has 1 aromatic rings. The van der Waals surface area contributed by atoms with Crippen molar-refractivity contribution in [2.24, 2.45) is 5.73 Å². The Kier molecular flexibility index (Phi) is 3.48. The maximum atomic E-state index is 11.6. The van der Waals surface area contributed by atoms with Gasteiger partial charge in [-0.1, -0.05) is 19.1 Å². The van der Waals surface area contributed by atoms with Crippen LogP contribution in [0.2, 0.25) is 0 Å². The Bertz CT molecular complexity index is 336. The number of anilines is 1. The van der Waals surface area contributed by atoms with Gasteiger partial charge in [-0.25, -0.2) is 0 Å². The molecule has 15 heavy (non-hydrogen) atoms. The molecule has 0 bridgehead atoms. The van der Waals surface area contributed by atoms with Gasteiger partial charge < -0.3 is 11.1 Å². The molecule has 1 amide bonds. The van der Waals surface area contributed by atoms with Gasteiger partial charge in [0.1, 0.15) is 0 Å². The Hall–Kier alpha value is -1.35. The van der Waals surface area contributed by atoms with Gasteiger partial charge in [0.15, 0.2) is 0 Å². The van der Waals surface area contributed by atoms with Gasteiger partial charge in [0.05, 0.1) is 5.54 Å². The van der Waals surface area contributed by atoms with Crippen LogP contribution in [0.1, 0.15) is 26.3 Å². The monoisotopic (exact) mass is 206 g/mol. The fourth-order valence-electron chi connectivity index (χ4n) is 1.12. The molecule has 0 aliphatic carbocycles. The minimum Gasteiger partial charge on any atom is -0.325 e. The standard InChI is InChI=1S/C12H18N2O/c1-4-9-5-7-10(8-6-9)14-11(15)12(2,3)13/h5-8H,4,13H2,1-3H3,(H,14,15). The highest BCUT2D eigenvalue weighted by molar-refractivity contribution is 5.97. The Morgan fingerprint density at radius 3 is 2.27 bits per heavy atom. The summed E-state index contributed by atoms with van der Waals surface area (Å²) in [5, 5.41) is 2.77. The molecule has 0 spiro atoms. The number of aryl methyl sites for hydroxylation is 1. The van der Waals surface area contributed by atoms with Gasteiger partial charge in [0.2, 0.25) is 5.91 Å². The van der Waals surface area contributed by atoms with E-state index in [1.807, 2.05) is 24.3 Å². The molecule has 0 radical (unpaired) electrons. The summed E-state index contributed by atoms with van der Waals surface area (Å²) in [7, 11) is 0. The van der Waals surface area contributed by atoms with Crippen molar-refractivity contribution in [3.63, 3.8) is 0 Å². The van der Waals surface area contributed by atoms with Gasteiger partial charge in [-0.3, -0.25) is 4.79 Å². The minimum atomic E-state index is -0.844. The molecule has 3 N–H and O–H groups in total. The van der Waals surface area contributed by atoms with Gasteiger partial charge in [-0.2, -0.15) is 0 Å². The third-order valence-corrected chi connectivity index (χ3v) is 2.21. The minimum absolute atomic E-state index is 0.174. The van der Waals surface area contributed by atoms with Crippen LogP contribution in [-0.2, 0) is 11.2 Å². The van der Waals surface area contributed by atoms with Crippen molar-refractivity contribution in [3.8, 4) is 0 Å². The predicted octanol–water partition coefficient (Wildman–Crippen LogP) is 1.92. The first-order valence-corrected chi connectivity index (χ1v) is 5.12. The molecule has 0 aliphatic rings. The van der Waals surface area contributed by atoms with Gasteiger partial charge in [0.25, 0.3) is 0 Å². The number of amides is 1. The predicted molar refractivity (Wildman–Crippen MR) is 62.7 cm³/mol. The zero-order valence-corrected chi connectivity index (χ0v) is 9.50. The van der Waals surface area contributed by atoms with E-state index in [-0.39, 0.29) is 5.91 Å². The van der Waals surface area contributed by atoms with Gasteiger partial charge in [-0.15, -0.1) is 0 Å². The van der Waals surface area contributed by atoms with E-state index in [1.54, 1.807) is 13.8 Å². The topological polar surface area (TPSA) is 55.1 Å². The van der Waals surface area contributed by atoms with E-state index in [0.29, 0.717) is 0 Å². The molecular weight excluding hydrogens is 188 g/mol. The van der Waals surface area contributed by atoms with Gasteiger partial charge >= 0.3 is 0 Å². The fourth-order valence-corrected chi connectivity index (χ4v) is 1.12. The van der Waals surface area contributed by atoms with E-state index >= 15 is 0 Å². The van der Waals surface area contributed by atoms with Crippen molar-refractivity contribution in [2.75, 3.05) is 5.32 Å². The highest BCUT2D eigenvalue weighted by atomic mass is 16.2. The number of rotatable bonds is 3. The molecule has 0 unspecified atom stereocenters. The number of hydrogen-bond acceptors (Lipinski definition) is 2. The number of carbonyl (C=O) groups excluding carboxylic acids is 1. The Labute approximate surface area is 90.7 Å². The summed E-state index contributed by atoms with van der Waals surface area (Å²) in [5.41, 5.74) is 6.86. The van der Waals surface area contributed by atoms with Crippen LogP contribution in [0.25, 0.3) is 0 Å². The van der Waals surface area contributed by atoms with E-state index in [9.17, 15) is 4.79 Å². The molecule has 0 fully saturated rings. The highest BCUT2D eigenvalue weighted by Gasteiger charge is 2.21. The summed E-state index contributed by atoms with van der Waals surface area (Å²) in [6, 6.07) is 7.78. The van der Waals surface area contributed by atoms with Crippen molar-refractivity contribution >= 4 is 11.6 Å². The zero-order valence-electron chi connectivity index (χ0n) is 9.50. The lowest BCUT2D eigenvalue weighted by Crippen LogP contribution is -2.45. The quantitative estimate of drug-likeness (QED) is 0.794. The summed E-state index contributed by atoms with van der Waals surface area (Å²) in [4.78, 5) is 11.6. The normalized spacial score (nSPS) is 11.2. The summed E-state index contributed by atoms with van der Waals surface area (Å²) >= 11 is 0.